The molecule has 0 atom stereocenters. The Hall–Kier alpha value is -0.120. The summed E-state index contributed by atoms with van der Waals surface area (Å²) in [6, 6.07) is 0.860. The maximum atomic E-state index is 5.34. The highest BCUT2D eigenvalue weighted by molar-refractivity contribution is 4.75. The monoisotopic (exact) mass is 270 g/mol. The van der Waals surface area contributed by atoms with E-state index in [9.17, 15) is 0 Å². The molecule has 0 heterocycles. The van der Waals surface area contributed by atoms with Crippen molar-refractivity contribution in [2.45, 2.75) is 64.8 Å². The molecule has 1 saturated carbocycles. The van der Waals surface area contributed by atoms with Crippen LogP contribution in [0.3, 0.4) is 0 Å². The standard InChI is InChI=1S/C16H34N2O/c1-3-18(16-10-6-5-7-11-16)14-13-17-12-8-9-15-19-4-2/h16-17H,3-15H2,1-2H3. The minimum Gasteiger partial charge on any atom is -0.382 e. The number of rotatable bonds is 11. The van der Waals surface area contributed by atoms with Gasteiger partial charge < -0.3 is 10.1 Å². The Morgan fingerprint density at radius 2 is 1.84 bits per heavy atom. The van der Waals surface area contributed by atoms with Gasteiger partial charge in [-0.3, -0.25) is 4.90 Å². The lowest BCUT2D eigenvalue weighted by atomic mass is 9.94. The lowest BCUT2D eigenvalue weighted by molar-refractivity contribution is 0.143. The van der Waals surface area contributed by atoms with Gasteiger partial charge in [0, 0.05) is 32.3 Å². The number of ether oxygens (including phenoxy) is 1. The van der Waals surface area contributed by atoms with Crippen molar-refractivity contribution in [3.05, 3.63) is 0 Å². The van der Waals surface area contributed by atoms with Gasteiger partial charge in [-0.05, 0) is 45.7 Å². The zero-order valence-corrected chi connectivity index (χ0v) is 13.1. The van der Waals surface area contributed by atoms with Crippen LogP contribution in [0.2, 0.25) is 0 Å². The van der Waals surface area contributed by atoms with E-state index in [1.807, 2.05) is 0 Å². The Morgan fingerprint density at radius 3 is 2.53 bits per heavy atom. The highest BCUT2D eigenvalue weighted by Gasteiger charge is 2.18. The van der Waals surface area contributed by atoms with Gasteiger partial charge >= 0.3 is 0 Å². The summed E-state index contributed by atoms with van der Waals surface area (Å²) >= 11 is 0. The SMILES string of the molecule is CCOCCCCNCCN(CC)C1CCCCC1. The molecule has 19 heavy (non-hydrogen) atoms. The Morgan fingerprint density at radius 1 is 1.05 bits per heavy atom. The average Bonchev–Trinajstić information content (AvgIpc) is 2.47. The van der Waals surface area contributed by atoms with E-state index in [1.165, 1.54) is 58.0 Å². The molecule has 0 unspecified atom stereocenters. The smallest absolute Gasteiger partial charge is 0.0466 e. The zero-order valence-electron chi connectivity index (χ0n) is 13.1. The third kappa shape index (κ3) is 7.91. The topological polar surface area (TPSA) is 24.5 Å². The molecule has 114 valence electrons. The number of hydrogen-bond acceptors (Lipinski definition) is 3. The Balaban J connectivity index is 1.96. The molecule has 0 saturated heterocycles. The van der Waals surface area contributed by atoms with Gasteiger partial charge in [-0.25, -0.2) is 0 Å². The number of likely N-dealkylation sites (N-methyl/N-ethyl adjacent to an activating group) is 1. The van der Waals surface area contributed by atoms with E-state index in [0.29, 0.717) is 0 Å². The summed E-state index contributed by atoms with van der Waals surface area (Å²) in [5.74, 6) is 0. The average molecular weight is 270 g/mol. The van der Waals surface area contributed by atoms with Crippen molar-refractivity contribution in [1.82, 2.24) is 10.2 Å². The van der Waals surface area contributed by atoms with Gasteiger partial charge in [0.15, 0.2) is 0 Å². The molecule has 0 aromatic carbocycles. The molecule has 0 bridgehead atoms. The molecule has 1 N–H and O–H groups in total. The van der Waals surface area contributed by atoms with Crippen LogP contribution >= 0.6 is 0 Å². The van der Waals surface area contributed by atoms with Crippen molar-refractivity contribution in [3.63, 3.8) is 0 Å². The fourth-order valence-corrected chi connectivity index (χ4v) is 2.99. The molecule has 0 amide bonds. The summed E-state index contributed by atoms with van der Waals surface area (Å²) in [6.07, 6.45) is 9.57. The molecular formula is C16H34N2O. The molecule has 1 aliphatic rings. The summed E-state index contributed by atoms with van der Waals surface area (Å²) < 4.78 is 5.34. The first-order valence-corrected chi connectivity index (χ1v) is 8.41. The van der Waals surface area contributed by atoms with E-state index in [0.717, 1.165) is 32.3 Å². The first-order valence-electron chi connectivity index (χ1n) is 8.41. The van der Waals surface area contributed by atoms with Crippen LogP contribution < -0.4 is 5.32 Å². The van der Waals surface area contributed by atoms with Gasteiger partial charge in [0.05, 0.1) is 0 Å². The highest BCUT2D eigenvalue weighted by atomic mass is 16.5. The van der Waals surface area contributed by atoms with Gasteiger partial charge in [-0.2, -0.15) is 0 Å². The van der Waals surface area contributed by atoms with Crippen molar-refractivity contribution in [2.24, 2.45) is 0 Å². The fourth-order valence-electron chi connectivity index (χ4n) is 2.99. The highest BCUT2D eigenvalue weighted by Crippen LogP contribution is 2.21. The number of nitrogens with one attached hydrogen (secondary N) is 1. The second kappa shape index (κ2) is 11.7. The largest absolute Gasteiger partial charge is 0.382 e. The van der Waals surface area contributed by atoms with Crippen LogP contribution in [0.5, 0.6) is 0 Å². The van der Waals surface area contributed by atoms with E-state index in [1.54, 1.807) is 0 Å². The maximum absolute atomic E-state index is 5.34. The van der Waals surface area contributed by atoms with Gasteiger partial charge in [-0.1, -0.05) is 26.2 Å². The van der Waals surface area contributed by atoms with Crippen LogP contribution in [0, 0.1) is 0 Å². The summed E-state index contributed by atoms with van der Waals surface area (Å²) in [5.41, 5.74) is 0. The summed E-state index contributed by atoms with van der Waals surface area (Å²) in [4.78, 5) is 2.67. The summed E-state index contributed by atoms with van der Waals surface area (Å²) in [5, 5.41) is 3.57. The van der Waals surface area contributed by atoms with E-state index < -0.39 is 0 Å². The van der Waals surface area contributed by atoms with Crippen LogP contribution in [-0.2, 0) is 4.74 Å². The van der Waals surface area contributed by atoms with Crippen LogP contribution in [0.25, 0.3) is 0 Å². The van der Waals surface area contributed by atoms with Crippen LogP contribution in [0.4, 0.5) is 0 Å². The normalized spacial score (nSPS) is 17.2. The molecule has 3 heteroatoms. The van der Waals surface area contributed by atoms with Crippen molar-refractivity contribution >= 4 is 0 Å². The molecule has 0 aromatic rings. The Labute approximate surface area is 120 Å². The third-order valence-electron chi connectivity index (χ3n) is 4.17. The molecule has 0 aliphatic heterocycles. The predicted octanol–water partition coefficient (Wildman–Crippen LogP) is 3.05. The summed E-state index contributed by atoms with van der Waals surface area (Å²) in [7, 11) is 0. The van der Waals surface area contributed by atoms with Crippen molar-refractivity contribution < 1.29 is 4.74 Å². The van der Waals surface area contributed by atoms with Crippen LogP contribution in [0.1, 0.15) is 58.8 Å². The lowest BCUT2D eigenvalue weighted by Crippen LogP contribution is -2.40. The minimum atomic E-state index is 0.847. The van der Waals surface area contributed by atoms with Crippen molar-refractivity contribution in [2.75, 3.05) is 39.4 Å². The lowest BCUT2D eigenvalue weighted by Gasteiger charge is -2.33. The second-order valence-electron chi connectivity index (χ2n) is 5.57. The molecule has 1 aliphatic carbocycles. The zero-order chi connectivity index (χ0) is 13.8. The van der Waals surface area contributed by atoms with Gasteiger partial charge in [0.1, 0.15) is 0 Å². The van der Waals surface area contributed by atoms with Crippen LogP contribution in [0.15, 0.2) is 0 Å². The van der Waals surface area contributed by atoms with Gasteiger partial charge in [0.2, 0.25) is 0 Å². The summed E-state index contributed by atoms with van der Waals surface area (Å²) in [6.45, 7) is 10.8. The molecule has 1 rings (SSSR count). The van der Waals surface area contributed by atoms with E-state index in [2.05, 4.69) is 24.1 Å². The molecule has 1 fully saturated rings. The predicted molar refractivity (Wildman–Crippen MR) is 82.7 cm³/mol. The van der Waals surface area contributed by atoms with Crippen molar-refractivity contribution in [1.29, 1.82) is 0 Å². The van der Waals surface area contributed by atoms with Crippen LogP contribution in [-0.4, -0.2) is 50.3 Å². The number of nitrogens with zero attached hydrogens (tertiary/aromatic N) is 1. The number of unbranched alkanes of at least 4 members (excludes halogenated alkanes) is 1. The molecule has 3 nitrogen and oxygen atoms in total. The first kappa shape index (κ1) is 16.9. The minimum absolute atomic E-state index is 0.847. The third-order valence-corrected chi connectivity index (χ3v) is 4.17. The molecular weight excluding hydrogens is 236 g/mol. The Kier molecular flexibility index (Phi) is 10.4. The second-order valence-corrected chi connectivity index (χ2v) is 5.57. The van der Waals surface area contributed by atoms with Gasteiger partial charge in [-0.15, -0.1) is 0 Å². The molecule has 0 spiro atoms. The molecule has 0 radical (unpaired) electrons. The van der Waals surface area contributed by atoms with E-state index in [-0.39, 0.29) is 0 Å². The fraction of sp³-hybridized carbons (Fsp3) is 1.00. The maximum Gasteiger partial charge on any atom is 0.0466 e. The quantitative estimate of drug-likeness (QED) is 0.584. The van der Waals surface area contributed by atoms with Gasteiger partial charge in [0.25, 0.3) is 0 Å². The first-order chi connectivity index (χ1) is 9.38. The Bertz CT molecular complexity index is 193. The van der Waals surface area contributed by atoms with E-state index >= 15 is 0 Å². The number of hydrogen-bond donors (Lipinski definition) is 1. The molecule has 0 aromatic heterocycles. The van der Waals surface area contributed by atoms with Crippen molar-refractivity contribution in [3.8, 4) is 0 Å². The van der Waals surface area contributed by atoms with E-state index in [4.69, 9.17) is 4.74 Å².